The van der Waals surface area contributed by atoms with Crippen LogP contribution in [0.15, 0.2) is 24.3 Å². The first-order chi connectivity index (χ1) is 12.7. The molecule has 0 radical (unpaired) electrons. The maximum absolute atomic E-state index is 2.59. The van der Waals surface area contributed by atoms with Crippen molar-refractivity contribution in [2.75, 3.05) is 0 Å². The first-order valence-electron chi connectivity index (χ1n) is 11.5. The Morgan fingerprint density at radius 2 is 1.12 bits per heavy atom. The van der Waals surface area contributed by atoms with E-state index in [2.05, 4.69) is 52.0 Å². The Balaban J connectivity index is 2.57. The number of hydrogen-bond donors (Lipinski definition) is 0. The summed E-state index contributed by atoms with van der Waals surface area (Å²) in [6.45, 7) is 9.45. The van der Waals surface area contributed by atoms with E-state index in [9.17, 15) is 0 Å². The molecule has 0 aliphatic rings. The summed E-state index contributed by atoms with van der Waals surface area (Å²) in [5, 5.41) is 1.77. The standard InChI is InChI=1S/C7H8Si.4C4H9.2Zr/c1-8-7-5-3-2-4-6-7;4*1-3-4-2;;/h3-6H,1,8H2;4*1,3-4H2,2H3;;. The van der Waals surface area contributed by atoms with Gasteiger partial charge >= 0.3 is 185 Å². The fourth-order valence-corrected chi connectivity index (χ4v) is 26.0. The molecule has 0 N–H and O–H groups in total. The second-order valence-corrected chi connectivity index (χ2v) is 26.5. The van der Waals surface area contributed by atoms with Crippen molar-refractivity contribution in [2.24, 2.45) is 0 Å². The molecule has 0 aliphatic carbocycles. The van der Waals surface area contributed by atoms with Crippen molar-refractivity contribution < 1.29 is 43.5 Å². The van der Waals surface area contributed by atoms with E-state index in [0.717, 1.165) is 0 Å². The van der Waals surface area contributed by atoms with Crippen molar-refractivity contribution in [1.29, 1.82) is 0 Å². The molecule has 0 unspecified atom stereocenters. The minimum atomic E-state index is -1.32. The van der Waals surface area contributed by atoms with Crippen LogP contribution in [0.1, 0.15) is 79.1 Å². The summed E-state index contributed by atoms with van der Waals surface area (Å²) in [4.78, 5) is 0. The monoisotopic (exact) mass is 528 g/mol. The molecule has 3 heteroatoms. The van der Waals surface area contributed by atoms with Crippen molar-refractivity contribution in [3.63, 3.8) is 0 Å². The summed E-state index contributed by atoms with van der Waals surface area (Å²) >= 11 is -2.34. The second-order valence-electron chi connectivity index (χ2n) is 7.96. The van der Waals surface area contributed by atoms with Gasteiger partial charge in [0, 0.05) is 0 Å². The molecule has 0 amide bonds. The zero-order valence-corrected chi connectivity index (χ0v) is 24.5. The Hall–Kier alpha value is 1.20. The summed E-state index contributed by atoms with van der Waals surface area (Å²) in [7, 11) is 0.0221. The van der Waals surface area contributed by atoms with Gasteiger partial charge in [0.1, 0.15) is 0 Å². The Morgan fingerprint density at radius 1 is 0.654 bits per heavy atom. The van der Waals surface area contributed by atoms with Gasteiger partial charge in [-0.05, 0) is 0 Å². The average molecular weight is 531 g/mol. The van der Waals surface area contributed by atoms with Gasteiger partial charge in [-0.15, -0.1) is 0 Å². The van der Waals surface area contributed by atoms with Crippen LogP contribution in [0.2, 0.25) is 20.3 Å². The Labute approximate surface area is 183 Å². The normalized spacial score (nSPS) is 11.4. The van der Waals surface area contributed by atoms with Crippen molar-refractivity contribution in [3.8, 4) is 0 Å². The first-order valence-corrected chi connectivity index (χ1v) is 23.1. The molecule has 0 nitrogen and oxygen atoms in total. The average Bonchev–Trinajstić information content (AvgIpc) is 2.68. The zero-order valence-electron chi connectivity index (χ0n) is 18.2. The fraction of sp³-hybridized carbons (Fsp3) is 0.739. The molecule has 1 rings (SSSR count). The zero-order chi connectivity index (χ0) is 19.0. The van der Waals surface area contributed by atoms with Crippen molar-refractivity contribution >= 4 is 18.0 Å². The van der Waals surface area contributed by atoms with Gasteiger partial charge in [-0.1, -0.05) is 0 Å². The van der Waals surface area contributed by atoms with Gasteiger partial charge in [-0.3, -0.25) is 0 Å². The first kappa shape index (κ1) is 25.2. The van der Waals surface area contributed by atoms with Crippen molar-refractivity contribution in [2.45, 2.75) is 99.3 Å². The summed E-state index contributed by atoms with van der Waals surface area (Å²) in [6.07, 6.45) is 11.6. The van der Waals surface area contributed by atoms with Gasteiger partial charge in [0.05, 0.1) is 0 Å². The quantitative estimate of drug-likeness (QED) is 0.211. The van der Waals surface area contributed by atoms with Crippen LogP contribution >= 0.6 is 0 Å². The van der Waals surface area contributed by atoms with Gasteiger partial charge < -0.3 is 0 Å². The number of unbranched alkanes of at least 4 members (excludes halogenated alkanes) is 4. The van der Waals surface area contributed by atoms with Crippen LogP contribution < -0.4 is 8.46 Å². The molecule has 1 aromatic carbocycles. The molecule has 0 heterocycles. The number of hydrogen-bond acceptors (Lipinski definition) is 0. The maximum atomic E-state index is 2.59. The van der Waals surface area contributed by atoms with E-state index in [1.54, 1.807) is 25.5 Å². The van der Waals surface area contributed by atoms with E-state index < -0.39 is 43.5 Å². The molecule has 0 fully saturated rings. The Kier molecular flexibility index (Phi) is 16.6. The molecular weight excluding hydrogens is 487 g/mol. The van der Waals surface area contributed by atoms with Gasteiger partial charge in [-0.25, -0.2) is 0 Å². The van der Waals surface area contributed by atoms with Crippen LogP contribution in [0.25, 0.3) is 0 Å². The van der Waals surface area contributed by atoms with Gasteiger partial charge in [0.25, 0.3) is 0 Å². The molecular formula is C23H44SiZr2. The molecule has 0 aliphatic heterocycles. The van der Waals surface area contributed by atoms with Crippen LogP contribution in [0.3, 0.4) is 0 Å². The Bertz CT molecular complexity index is 416. The summed E-state index contributed by atoms with van der Waals surface area (Å²) in [5.41, 5.74) is 0. The molecule has 1 aromatic rings. The topological polar surface area (TPSA) is 0 Å². The van der Waals surface area contributed by atoms with Crippen LogP contribution in [-0.2, 0) is 43.5 Å². The minimum absolute atomic E-state index is 0.0221. The molecule has 0 bridgehead atoms. The van der Waals surface area contributed by atoms with E-state index >= 15 is 0 Å². The molecule has 0 spiro atoms. The molecule has 0 atom stereocenters. The Morgan fingerprint density at radius 3 is 1.58 bits per heavy atom. The van der Waals surface area contributed by atoms with E-state index in [1.807, 2.05) is 3.27 Å². The van der Waals surface area contributed by atoms with Crippen LogP contribution in [0.4, 0.5) is 0 Å². The SMILES string of the molecule is CCC[CH2][Zr]([CH2]CCC)[CH2][SiH2]c1cc[c]([Zr]([CH2]CCC)[CH2]CCC)cc1. The van der Waals surface area contributed by atoms with Gasteiger partial charge in [-0.2, -0.15) is 0 Å². The van der Waals surface area contributed by atoms with E-state index in [4.69, 9.17) is 0 Å². The molecule has 0 saturated carbocycles. The number of rotatable bonds is 16. The fourth-order valence-electron chi connectivity index (χ4n) is 3.65. The van der Waals surface area contributed by atoms with Crippen molar-refractivity contribution in [3.05, 3.63) is 24.3 Å². The van der Waals surface area contributed by atoms with E-state index in [1.165, 1.54) is 51.4 Å². The summed E-state index contributed by atoms with van der Waals surface area (Å²) < 4.78 is 10.1. The van der Waals surface area contributed by atoms with Crippen molar-refractivity contribution in [1.82, 2.24) is 0 Å². The molecule has 26 heavy (non-hydrogen) atoms. The third-order valence-electron chi connectivity index (χ3n) is 5.56. The predicted octanol–water partition coefficient (Wildman–Crippen LogP) is 6.59. The molecule has 0 aromatic heterocycles. The van der Waals surface area contributed by atoms with Gasteiger partial charge in [0.15, 0.2) is 0 Å². The summed E-state index contributed by atoms with van der Waals surface area (Å²) in [6, 6.07) is 10.3. The van der Waals surface area contributed by atoms with Crippen LogP contribution in [-0.4, -0.2) is 9.52 Å². The van der Waals surface area contributed by atoms with Crippen LogP contribution in [0, 0.1) is 0 Å². The third-order valence-corrected chi connectivity index (χ3v) is 27.4. The summed E-state index contributed by atoms with van der Waals surface area (Å²) in [5.74, 6) is 0. The van der Waals surface area contributed by atoms with E-state index in [0.29, 0.717) is 0 Å². The second kappa shape index (κ2) is 17.1. The van der Waals surface area contributed by atoms with Gasteiger partial charge in [0.2, 0.25) is 0 Å². The number of benzene rings is 1. The van der Waals surface area contributed by atoms with E-state index in [-0.39, 0.29) is 9.52 Å². The predicted molar refractivity (Wildman–Crippen MR) is 118 cm³/mol. The molecule has 148 valence electrons. The third kappa shape index (κ3) is 11.3. The van der Waals surface area contributed by atoms with Crippen LogP contribution in [0.5, 0.6) is 0 Å². The molecule has 0 saturated heterocycles.